The number of amides is 1. The molecule has 1 aliphatic carbocycles. The Morgan fingerprint density at radius 2 is 2.40 bits per heavy atom. The summed E-state index contributed by atoms with van der Waals surface area (Å²) < 4.78 is 5.83. The standard InChI is InChI=1S/C13H14ClN3O2S/c14-12-4-3-11(20-12)10-5-9(17-19-10)13(18)16-6-8(15)7-1-2-7/h3-5,7-8H,1-2,6,15H2,(H,16,18). The maximum Gasteiger partial charge on any atom is 0.273 e. The molecule has 1 atom stereocenters. The van der Waals surface area contributed by atoms with Crippen LogP contribution in [-0.4, -0.2) is 23.7 Å². The molecule has 0 spiro atoms. The molecule has 20 heavy (non-hydrogen) atoms. The minimum absolute atomic E-state index is 0.0291. The zero-order chi connectivity index (χ0) is 14.1. The topological polar surface area (TPSA) is 81.1 Å². The van der Waals surface area contributed by atoms with E-state index in [1.807, 2.05) is 6.07 Å². The van der Waals surface area contributed by atoms with Crippen LogP contribution < -0.4 is 11.1 Å². The third-order valence-electron chi connectivity index (χ3n) is 3.28. The zero-order valence-electron chi connectivity index (χ0n) is 10.6. The highest BCUT2D eigenvalue weighted by atomic mass is 35.5. The number of nitrogens with zero attached hydrogens (tertiary/aromatic N) is 1. The molecule has 3 N–H and O–H groups in total. The summed E-state index contributed by atoms with van der Waals surface area (Å²) in [6.07, 6.45) is 2.31. The fourth-order valence-corrected chi connectivity index (χ4v) is 2.93. The Bertz CT molecular complexity index is 621. The molecule has 0 aromatic carbocycles. The number of rotatable bonds is 5. The molecule has 1 saturated carbocycles. The summed E-state index contributed by atoms with van der Waals surface area (Å²) in [5, 5.41) is 6.56. The Balaban J connectivity index is 1.62. The smallest absolute Gasteiger partial charge is 0.273 e. The van der Waals surface area contributed by atoms with Crippen LogP contribution in [0.5, 0.6) is 0 Å². The van der Waals surface area contributed by atoms with Gasteiger partial charge >= 0.3 is 0 Å². The van der Waals surface area contributed by atoms with E-state index >= 15 is 0 Å². The van der Waals surface area contributed by atoms with Crippen LogP contribution in [0.1, 0.15) is 23.3 Å². The van der Waals surface area contributed by atoms with E-state index in [1.54, 1.807) is 12.1 Å². The quantitative estimate of drug-likeness (QED) is 0.889. The summed E-state index contributed by atoms with van der Waals surface area (Å²) in [5.74, 6) is 0.828. The molecule has 0 radical (unpaired) electrons. The number of hydrogen-bond donors (Lipinski definition) is 2. The first-order valence-corrected chi connectivity index (χ1v) is 7.59. The van der Waals surface area contributed by atoms with Gasteiger partial charge < -0.3 is 15.6 Å². The summed E-state index contributed by atoms with van der Waals surface area (Å²) >= 11 is 7.24. The fourth-order valence-electron chi connectivity index (χ4n) is 1.94. The molecular weight excluding hydrogens is 298 g/mol. The zero-order valence-corrected chi connectivity index (χ0v) is 12.2. The molecule has 3 rings (SSSR count). The predicted molar refractivity (Wildman–Crippen MR) is 77.9 cm³/mol. The van der Waals surface area contributed by atoms with Gasteiger partial charge in [-0.15, -0.1) is 11.3 Å². The van der Waals surface area contributed by atoms with E-state index < -0.39 is 0 Å². The van der Waals surface area contributed by atoms with Crippen molar-refractivity contribution in [2.24, 2.45) is 11.7 Å². The summed E-state index contributed by atoms with van der Waals surface area (Å²) in [5.41, 5.74) is 6.19. The fraction of sp³-hybridized carbons (Fsp3) is 0.385. The summed E-state index contributed by atoms with van der Waals surface area (Å²) in [6.45, 7) is 0.469. The lowest BCUT2D eigenvalue weighted by Crippen LogP contribution is -2.38. The molecule has 2 aromatic heterocycles. The van der Waals surface area contributed by atoms with Gasteiger partial charge in [0.15, 0.2) is 11.5 Å². The van der Waals surface area contributed by atoms with Crippen molar-refractivity contribution in [1.82, 2.24) is 10.5 Å². The van der Waals surface area contributed by atoms with Gasteiger partial charge in [-0.25, -0.2) is 0 Å². The van der Waals surface area contributed by atoms with Gasteiger partial charge in [0, 0.05) is 18.7 Å². The lowest BCUT2D eigenvalue weighted by Gasteiger charge is -2.09. The van der Waals surface area contributed by atoms with Crippen LogP contribution in [0.4, 0.5) is 0 Å². The first kappa shape index (κ1) is 13.6. The highest BCUT2D eigenvalue weighted by Gasteiger charge is 2.28. The molecule has 5 nitrogen and oxygen atoms in total. The van der Waals surface area contributed by atoms with Crippen LogP contribution in [0.2, 0.25) is 4.34 Å². The van der Waals surface area contributed by atoms with Gasteiger partial charge in [0.05, 0.1) is 9.21 Å². The van der Waals surface area contributed by atoms with Crippen LogP contribution in [-0.2, 0) is 0 Å². The maximum absolute atomic E-state index is 11.9. The normalized spacial score (nSPS) is 16.1. The van der Waals surface area contributed by atoms with Crippen molar-refractivity contribution >= 4 is 28.8 Å². The van der Waals surface area contributed by atoms with Crippen LogP contribution in [0.3, 0.4) is 0 Å². The minimum atomic E-state index is -0.265. The Morgan fingerprint density at radius 3 is 3.05 bits per heavy atom. The predicted octanol–water partition coefficient (Wildman–Crippen LogP) is 2.52. The molecule has 1 fully saturated rings. The molecule has 0 aliphatic heterocycles. The van der Waals surface area contributed by atoms with Crippen LogP contribution >= 0.6 is 22.9 Å². The molecule has 1 aliphatic rings. The van der Waals surface area contributed by atoms with Crippen molar-refractivity contribution in [1.29, 1.82) is 0 Å². The van der Waals surface area contributed by atoms with E-state index in [0.717, 1.165) is 17.7 Å². The molecule has 2 heterocycles. The van der Waals surface area contributed by atoms with Gasteiger partial charge in [-0.1, -0.05) is 16.8 Å². The lowest BCUT2D eigenvalue weighted by atomic mass is 10.2. The number of nitrogens with two attached hydrogens (primary N) is 1. The number of halogens is 1. The largest absolute Gasteiger partial charge is 0.355 e. The number of aromatic nitrogens is 1. The van der Waals surface area contributed by atoms with Crippen molar-refractivity contribution in [3.8, 4) is 10.6 Å². The van der Waals surface area contributed by atoms with Gasteiger partial charge in [-0.3, -0.25) is 4.79 Å². The van der Waals surface area contributed by atoms with E-state index in [-0.39, 0.29) is 17.6 Å². The molecule has 1 unspecified atom stereocenters. The first-order valence-electron chi connectivity index (χ1n) is 6.39. The highest BCUT2D eigenvalue weighted by Crippen LogP contribution is 2.32. The number of thiophene rings is 1. The Labute approximate surface area is 125 Å². The van der Waals surface area contributed by atoms with Crippen LogP contribution in [0.25, 0.3) is 10.6 Å². The van der Waals surface area contributed by atoms with E-state index in [0.29, 0.717) is 22.6 Å². The number of nitrogens with one attached hydrogen (secondary N) is 1. The first-order chi connectivity index (χ1) is 9.63. The van der Waals surface area contributed by atoms with E-state index in [2.05, 4.69) is 10.5 Å². The number of carbonyl (C=O) groups is 1. The third kappa shape index (κ3) is 3.03. The van der Waals surface area contributed by atoms with E-state index in [1.165, 1.54) is 11.3 Å². The highest BCUT2D eigenvalue weighted by molar-refractivity contribution is 7.19. The second-order valence-electron chi connectivity index (χ2n) is 4.89. The van der Waals surface area contributed by atoms with Gasteiger partial charge in [0.1, 0.15) is 0 Å². The molecule has 7 heteroatoms. The minimum Gasteiger partial charge on any atom is -0.355 e. The Morgan fingerprint density at radius 1 is 1.60 bits per heavy atom. The molecule has 2 aromatic rings. The molecule has 1 amide bonds. The average molecular weight is 312 g/mol. The van der Waals surface area contributed by atoms with Crippen LogP contribution in [0, 0.1) is 5.92 Å². The monoisotopic (exact) mass is 311 g/mol. The van der Waals surface area contributed by atoms with Gasteiger partial charge in [0.2, 0.25) is 0 Å². The van der Waals surface area contributed by atoms with Crippen molar-refractivity contribution in [2.75, 3.05) is 6.54 Å². The summed E-state index contributed by atoms with van der Waals surface area (Å²) in [4.78, 5) is 12.8. The van der Waals surface area contributed by atoms with Gasteiger partial charge in [-0.05, 0) is 30.9 Å². The van der Waals surface area contributed by atoms with Crippen molar-refractivity contribution in [2.45, 2.75) is 18.9 Å². The Hall–Kier alpha value is -1.37. The lowest BCUT2D eigenvalue weighted by molar-refractivity contribution is 0.0941. The maximum atomic E-state index is 11.9. The van der Waals surface area contributed by atoms with Crippen molar-refractivity contribution in [3.63, 3.8) is 0 Å². The summed E-state index contributed by atoms with van der Waals surface area (Å²) in [6, 6.07) is 5.25. The SMILES string of the molecule is NC(CNC(=O)c1cc(-c2ccc(Cl)s2)on1)C1CC1. The molecule has 106 valence electrons. The average Bonchev–Trinajstić information content (AvgIpc) is 3.01. The number of hydrogen-bond acceptors (Lipinski definition) is 5. The van der Waals surface area contributed by atoms with Gasteiger partial charge in [0.25, 0.3) is 5.91 Å². The molecule has 0 bridgehead atoms. The van der Waals surface area contributed by atoms with E-state index in [4.69, 9.17) is 21.9 Å². The molecule has 0 saturated heterocycles. The van der Waals surface area contributed by atoms with Crippen molar-refractivity contribution < 1.29 is 9.32 Å². The third-order valence-corrected chi connectivity index (χ3v) is 4.53. The second kappa shape index (κ2) is 5.55. The van der Waals surface area contributed by atoms with Gasteiger partial charge in [-0.2, -0.15) is 0 Å². The van der Waals surface area contributed by atoms with Crippen molar-refractivity contribution in [3.05, 3.63) is 28.2 Å². The summed E-state index contributed by atoms with van der Waals surface area (Å²) in [7, 11) is 0. The molecular formula is C13H14ClN3O2S. The van der Waals surface area contributed by atoms with E-state index in [9.17, 15) is 4.79 Å². The van der Waals surface area contributed by atoms with Crippen LogP contribution in [0.15, 0.2) is 22.7 Å². The number of carbonyl (C=O) groups excluding carboxylic acids is 1. The second-order valence-corrected chi connectivity index (χ2v) is 6.61. The Kier molecular flexibility index (Phi) is 3.78.